The molecule has 0 heterocycles. The van der Waals surface area contributed by atoms with Crippen LogP contribution in [0.25, 0.3) is 0 Å². The molecule has 0 amide bonds. The van der Waals surface area contributed by atoms with E-state index in [-0.39, 0.29) is 0 Å². The smallest absolute Gasteiger partial charge is 0.320 e. The van der Waals surface area contributed by atoms with Crippen LogP contribution in [-0.2, 0) is 78.2 Å². The molecular weight excluding hydrogens is 1440 g/mol. The highest BCUT2D eigenvalue weighted by Crippen LogP contribution is 2.34. The van der Waals surface area contributed by atoms with Crippen LogP contribution < -0.4 is 0 Å². The Morgan fingerprint density at radius 3 is 0.329 bits per heavy atom. The van der Waals surface area contributed by atoms with Gasteiger partial charge in [0.1, 0.15) is 0 Å². The first-order valence-corrected chi connectivity index (χ1v) is 89.7. The molecule has 0 aromatic carbocycles. The van der Waals surface area contributed by atoms with E-state index in [4.69, 9.17) is 83.0 Å². The summed E-state index contributed by atoms with van der Waals surface area (Å²) in [6.07, 6.45) is 0. The molecule has 85 heavy (non-hydrogen) atoms. The summed E-state index contributed by atoms with van der Waals surface area (Å²) in [4.78, 5) is 19.1. The molecule has 0 radical (unpaired) electrons. The minimum absolute atomic E-state index is 1.27. The summed E-state index contributed by atoms with van der Waals surface area (Å²) in [5.41, 5.74) is 0. The van der Waals surface area contributed by atoms with E-state index in [1.807, 2.05) is 137 Å². The van der Waals surface area contributed by atoms with E-state index in [1.54, 1.807) is 13.1 Å². The SMILES string of the molecule is C[SiH](C)O[Si](C)(C)O[Si](C)(C)O[Si](C)(C)O[Si](C)(C)O[Si](C)(C)O[Si](C)(C)O[Si](C)(C)O[Si](C)(C)O[Si](C)(C)O[Si](C)(C)O[Si](C)(C)O[Si](C)(C)O[Si](C)(C)O[Si](C)(C)O[Si](C)(C)O[Si](C)(C)O[Si](C)(C)O[Si](C)(C)O[Si](C)(C)O.C[Si](C)(C)O. The fraction of sp³-hybridized carbons (Fsp3) is 1.00. The summed E-state index contributed by atoms with van der Waals surface area (Å²) < 4.78 is 128. The van der Waals surface area contributed by atoms with E-state index in [1.165, 1.54) is 0 Å². The van der Waals surface area contributed by atoms with E-state index in [0.717, 1.165) is 0 Å². The van der Waals surface area contributed by atoms with Crippen LogP contribution in [-0.4, -0.2) is 190 Å². The van der Waals surface area contributed by atoms with Gasteiger partial charge in [0.25, 0.3) is 0 Å². The standard InChI is InChI=1S/C40H122O20Si20.C3H10OSi/c1-61(2)42-63(5,6)44-65(9,10)46-67(13,14)48-69(17,18)50-71(21,22)52-73(25,26)54-75(29,30)56-77(33,34)58-79(37,38)60-80(39,40)59-78(35,36)57-76(31,32)55-74(27,28)53-72(23,24)51-70(19,20)49-68(15,16)47-66(11,12)45-64(7,8)43-62(3,4)41;1-5(2,3)4/h41,61H,1-40H3;4H,1-3H3. The van der Waals surface area contributed by atoms with Gasteiger partial charge in [0.05, 0.1) is 0 Å². The topological polar surface area (TPSA) is 216 Å². The van der Waals surface area contributed by atoms with Crippen LogP contribution in [0.5, 0.6) is 0 Å². The Hall–Kier alpha value is 3.71. The van der Waals surface area contributed by atoms with Crippen molar-refractivity contribution >= 4 is 180 Å². The van der Waals surface area contributed by atoms with Crippen molar-refractivity contribution < 1.29 is 87.8 Å². The predicted octanol–water partition coefficient (Wildman–Crippen LogP) is 14.4. The zero-order valence-electron chi connectivity index (χ0n) is 62.2. The van der Waals surface area contributed by atoms with Crippen molar-refractivity contribution in [3.05, 3.63) is 0 Å². The average Bonchev–Trinajstić information content (AvgIpc) is 2.94. The zero-order chi connectivity index (χ0) is 69.0. The van der Waals surface area contributed by atoms with E-state index in [0.29, 0.717) is 0 Å². The summed E-state index contributed by atoms with van der Waals surface area (Å²) >= 11 is 0. The molecule has 42 heteroatoms. The van der Waals surface area contributed by atoms with Gasteiger partial charge in [0, 0.05) is 0 Å². The van der Waals surface area contributed by atoms with Crippen molar-refractivity contribution in [3.8, 4) is 0 Å². The Morgan fingerprint density at radius 2 is 0.247 bits per heavy atom. The third kappa shape index (κ3) is 47.3. The summed E-state index contributed by atoms with van der Waals surface area (Å²) in [7, 11) is -55.4. The van der Waals surface area contributed by atoms with Gasteiger partial charge in [0.2, 0.25) is 0 Å². The summed E-state index contributed by atoms with van der Waals surface area (Å²) in [6, 6.07) is 0. The van der Waals surface area contributed by atoms with Crippen molar-refractivity contribution in [2.24, 2.45) is 0 Å². The molecule has 0 aromatic heterocycles. The minimum Gasteiger partial charge on any atom is -0.440 e. The Labute approximate surface area is 544 Å². The van der Waals surface area contributed by atoms with Crippen LogP contribution in [0.15, 0.2) is 0 Å². The molecule has 0 aromatic rings. The first-order valence-electron chi connectivity index (χ1n) is 29.9. The maximum Gasteiger partial charge on any atom is 0.320 e. The van der Waals surface area contributed by atoms with Gasteiger partial charge in [-0.25, -0.2) is 0 Å². The molecule has 514 valence electrons. The second-order valence-electron chi connectivity index (χ2n) is 31.8. The summed E-state index contributed by atoms with van der Waals surface area (Å²) in [5, 5.41) is 0. The largest absolute Gasteiger partial charge is 0.440 e. The number of hydrogen-bond donors (Lipinski definition) is 2. The lowest BCUT2D eigenvalue weighted by atomic mass is 11.8. The van der Waals surface area contributed by atoms with E-state index >= 15 is 0 Å². The molecule has 0 atom stereocenters. The molecule has 0 saturated heterocycles. The van der Waals surface area contributed by atoms with Crippen LogP contribution in [0.3, 0.4) is 0 Å². The van der Waals surface area contributed by atoms with Gasteiger partial charge < -0.3 is 87.8 Å². The maximum atomic E-state index is 10.4. The van der Waals surface area contributed by atoms with Crippen molar-refractivity contribution in [3.63, 3.8) is 0 Å². The van der Waals surface area contributed by atoms with Gasteiger partial charge in [-0.05, 0) is 282 Å². The number of rotatable bonds is 38. The van der Waals surface area contributed by atoms with Crippen LogP contribution in [0.4, 0.5) is 0 Å². The van der Waals surface area contributed by atoms with Crippen LogP contribution in [0, 0.1) is 0 Å². The molecule has 0 spiro atoms. The normalized spacial score (nSPS) is 15.9. The Kier molecular flexibility index (Phi) is 33.2. The van der Waals surface area contributed by atoms with Crippen molar-refractivity contribution in [1.82, 2.24) is 0 Å². The lowest BCUT2D eigenvalue weighted by Crippen LogP contribution is -2.63. The van der Waals surface area contributed by atoms with E-state index in [9.17, 15) is 4.80 Å². The highest BCUT2D eigenvalue weighted by atomic mass is 28.6. The van der Waals surface area contributed by atoms with Gasteiger partial charge in [0.15, 0.2) is 17.4 Å². The highest BCUT2D eigenvalue weighted by Gasteiger charge is 2.54. The monoisotopic (exact) mass is 1570 g/mol. The van der Waals surface area contributed by atoms with Gasteiger partial charge in [-0.1, -0.05) is 0 Å². The second-order valence-corrected chi connectivity index (χ2v) is 107. The molecular formula is C43H132O21Si21. The fourth-order valence-corrected chi connectivity index (χ4v) is 111. The predicted molar refractivity (Wildman–Crippen MR) is 399 cm³/mol. The van der Waals surface area contributed by atoms with Crippen molar-refractivity contribution in [2.75, 3.05) is 0 Å². The van der Waals surface area contributed by atoms with Gasteiger partial charge in [-0.15, -0.1) is 0 Å². The quantitative estimate of drug-likeness (QED) is 0.0550. The third-order valence-electron chi connectivity index (χ3n) is 9.37. The van der Waals surface area contributed by atoms with Crippen LogP contribution in [0.1, 0.15) is 0 Å². The van der Waals surface area contributed by atoms with Crippen molar-refractivity contribution in [2.45, 2.75) is 282 Å². The summed E-state index contributed by atoms with van der Waals surface area (Å²) in [6.45, 7) is 87.0. The first kappa shape index (κ1) is 90.8. The molecule has 0 aliphatic carbocycles. The molecule has 0 fully saturated rings. The van der Waals surface area contributed by atoms with Gasteiger partial charge in [-0.2, -0.15) is 0 Å². The number of hydrogen-bond acceptors (Lipinski definition) is 21. The Bertz CT molecular complexity index is 2060. The molecule has 0 aliphatic rings. The molecule has 21 nitrogen and oxygen atoms in total. The van der Waals surface area contributed by atoms with Crippen molar-refractivity contribution in [1.29, 1.82) is 0 Å². The highest BCUT2D eigenvalue weighted by molar-refractivity contribution is 6.96. The average molecular weight is 1580 g/mol. The summed E-state index contributed by atoms with van der Waals surface area (Å²) in [5.74, 6) is 0. The minimum atomic E-state index is -2.86. The van der Waals surface area contributed by atoms with E-state index in [2.05, 4.69) is 131 Å². The second kappa shape index (κ2) is 31.1. The molecule has 0 aliphatic heterocycles. The Balaban J connectivity index is 0. The Morgan fingerprint density at radius 1 is 0.165 bits per heavy atom. The third-order valence-corrected chi connectivity index (χ3v) is 84.3. The van der Waals surface area contributed by atoms with Crippen LogP contribution >= 0.6 is 0 Å². The fourth-order valence-electron chi connectivity index (χ4n) is 11.6. The molecule has 0 unspecified atom stereocenters. The molecule has 0 bridgehead atoms. The lowest BCUT2D eigenvalue weighted by molar-refractivity contribution is 0.250. The van der Waals surface area contributed by atoms with E-state index < -0.39 is 180 Å². The first-order chi connectivity index (χ1) is 36.1. The zero-order valence-corrected chi connectivity index (χ0v) is 83.4. The maximum absolute atomic E-state index is 10.4. The van der Waals surface area contributed by atoms with Gasteiger partial charge >= 0.3 is 163 Å². The van der Waals surface area contributed by atoms with Gasteiger partial charge in [-0.3, -0.25) is 0 Å². The molecule has 0 saturated carbocycles. The molecule has 2 N–H and O–H groups in total. The lowest BCUT2D eigenvalue weighted by Gasteiger charge is -2.45. The molecule has 0 rings (SSSR count). The van der Waals surface area contributed by atoms with Crippen LogP contribution in [0.2, 0.25) is 282 Å².